The molecule has 0 aliphatic heterocycles. The average molecular weight is 264 g/mol. The standard InChI is InChI=1S/C14H14ClNO2/c1-16-11-6-5-9(8-3-4-8)13(15)10(11)7-12(16)14(17)18-2/h5-8H,3-4H2,1-2H3. The molecule has 0 spiro atoms. The largest absolute Gasteiger partial charge is 0.464 e. The van der Waals surface area contributed by atoms with Gasteiger partial charge in [-0.05, 0) is 36.5 Å². The molecule has 0 atom stereocenters. The lowest BCUT2D eigenvalue weighted by Gasteiger charge is -2.05. The monoisotopic (exact) mass is 263 g/mol. The number of nitrogens with zero attached hydrogens (tertiary/aromatic N) is 1. The summed E-state index contributed by atoms with van der Waals surface area (Å²) in [6, 6.07) is 5.92. The maximum Gasteiger partial charge on any atom is 0.354 e. The second-order valence-electron chi connectivity index (χ2n) is 4.76. The van der Waals surface area contributed by atoms with E-state index in [1.165, 1.54) is 25.5 Å². The predicted octanol–water partition coefficient (Wildman–Crippen LogP) is 3.50. The minimum absolute atomic E-state index is 0.335. The Kier molecular flexibility index (Phi) is 2.59. The third-order valence-electron chi connectivity index (χ3n) is 3.60. The molecule has 0 unspecified atom stereocenters. The van der Waals surface area contributed by atoms with Crippen molar-refractivity contribution < 1.29 is 9.53 Å². The molecule has 1 saturated carbocycles. The van der Waals surface area contributed by atoms with Gasteiger partial charge in [-0.1, -0.05) is 17.7 Å². The minimum atomic E-state index is -0.335. The molecule has 1 aromatic carbocycles. The Morgan fingerprint density at radius 2 is 2.17 bits per heavy atom. The van der Waals surface area contributed by atoms with Gasteiger partial charge in [0.2, 0.25) is 0 Å². The summed E-state index contributed by atoms with van der Waals surface area (Å²) in [5.41, 5.74) is 2.69. The first-order valence-electron chi connectivity index (χ1n) is 5.99. The molecule has 0 saturated heterocycles. The number of carbonyl (C=O) groups excluding carboxylic acids is 1. The summed E-state index contributed by atoms with van der Waals surface area (Å²) in [7, 11) is 3.24. The van der Waals surface area contributed by atoms with Gasteiger partial charge in [-0.25, -0.2) is 4.79 Å². The molecule has 3 rings (SSSR count). The molecule has 0 amide bonds. The SMILES string of the molecule is COC(=O)c1cc2c(Cl)c(C3CC3)ccc2n1C. The van der Waals surface area contributed by atoms with Crippen LogP contribution in [0.2, 0.25) is 5.02 Å². The van der Waals surface area contributed by atoms with E-state index in [0.717, 1.165) is 15.9 Å². The lowest BCUT2D eigenvalue weighted by atomic mass is 10.1. The summed E-state index contributed by atoms with van der Waals surface area (Å²) in [6.45, 7) is 0. The van der Waals surface area contributed by atoms with Crippen LogP contribution in [0.3, 0.4) is 0 Å². The molecule has 4 heteroatoms. The van der Waals surface area contributed by atoms with Crippen LogP contribution in [0.4, 0.5) is 0 Å². The van der Waals surface area contributed by atoms with Crippen molar-refractivity contribution in [1.82, 2.24) is 4.57 Å². The van der Waals surface area contributed by atoms with Gasteiger partial charge in [0.25, 0.3) is 0 Å². The lowest BCUT2D eigenvalue weighted by molar-refractivity contribution is 0.0590. The van der Waals surface area contributed by atoms with Crippen LogP contribution in [0, 0.1) is 0 Å². The molecule has 1 aromatic heterocycles. The Morgan fingerprint density at radius 3 is 2.78 bits per heavy atom. The summed E-state index contributed by atoms with van der Waals surface area (Å²) in [4.78, 5) is 11.7. The van der Waals surface area contributed by atoms with Crippen molar-refractivity contribution >= 4 is 28.5 Å². The topological polar surface area (TPSA) is 31.2 Å². The van der Waals surface area contributed by atoms with E-state index < -0.39 is 0 Å². The summed E-state index contributed by atoms with van der Waals surface area (Å²) < 4.78 is 6.60. The highest BCUT2D eigenvalue weighted by Gasteiger charge is 2.27. The van der Waals surface area contributed by atoms with Gasteiger partial charge in [0.1, 0.15) is 5.69 Å². The molecule has 1 aliphatic rings. The maximum atomic E-state index is 11.7. The third-order valence-corrected chi connectivity index (χ3v) is 4.02. The van der Waals surface area contributed by atoms with Crippen LogP contribution in [0.15, 0.2) is 18.2 Å². The number of esters is 1. The first kappa shape index (κ1) is 11.6. The highest BCUT2D eigenvalue weighted by Crippen LogP contribution is 2.45. The number of carbonyl (C=O) groups is 1. The number of hydrogen-bond acceptors (Lipinski definition) is 2. The molecular weight excluding hydrogens is 250 g/mol. The quantitative estimate of drug-likeness (QED) is 0.777. The van der Waals surface area contributed by atoms with Crippen molar-refractivity contribution in [3.05, 3.63) is 34.5 Å². The first-order valence-corrected chi connectivity index (χ1v) is 6.37. The molecule has 3 nitrogen and oxygen atoms in total. The number of ether oxygens (including phenoxy) is 1. The summed E-state index contributed by atoms with van der Waals surface area (Å²) in [5, 5.41) is 1.71. The molecule has 2 aromatic rings. The van der Waals surface area contributed by atoms with Gasteiger partial charge < -0.3 is 9.30 Å². The van der Waals surface area contributed by atoms with Gasteiger partial charge in [0.15, 0.2) is 0 Å². The van der Waals surface area contributed by atoms with Gasteiger partial charge in [-0.3, -0.25) is 0 Å². The molecule has 0 N–H and O–H groups in total. The van der Waals surface area contributed by atoms with E-state index >= 15 is 0 Å². The van der Waals surface area contributed by atoms with Crippen LogP contribution in [0.1, 0.15) is 34.8 Å². The Hall–Kier alpha value is -1.48. The second-order valence-corrected chi connectivity index (χ2v) is 5.13. The van der Waals surface area contributed by atoms with Crippen LogP contribution >= 0.6 is 11.6 Å². The van der Waals surface area contributed by atoms with E-state index in [1.54, 1.807) is 0 Å². The molecule has 18 heavy (non-hydrogen) atoms. The van der Waals surface area contributed by atoms with Crippen molar-refractivity contribution in [1.29, 1.82) is 0 Å². The zero-order valence-corrected chi connectivity index (χ0v) is 11.1. The van der Waals surface area contributed by atoms with Crippen LogP contribution in [-0.4, -0.2) is 17.6 Å². The highest BCUT2D eigenvalue weighted by atomic mass is 35.5. The zero-order chi connectivity index (χ0) is 12.9. The van der Waals surface area contributed by atoms with Crippen LogP contribution in [0.25, 0.3) is 10.9 Å². The number of fused-ring (bicyclic) bond motifs is 1. The predicted molar refractivity (Wildman–Crippen MR) is 71.2 cm³/mol. The summed E-state index contributed by atoms with van der Waals surface area (Å²) in [6.07, 6.45) is 2.42. The fourth-order valence-electron chi connectivity index (χ4n) is 2.40. The number of aryl methyl sites for hydroxylation is 1. The number of halogens is 1. The van der Waals surface area contributed by atoms with E-state index in [0.29, 0.717) is 11.6 Å². The zero-order valence-electron chi connectivity index (χ0n) is 10.4. The van der Waals surface area contributed by atoms with Crippen LogP contribution in [-0.2, 0) is 11.8 Å². The van der Waals surface area contributed by atoms with E-state index in [9.17, 15) is 4.79 Å². The van der Waals surface area contributed by atoms with Gasteiger partial charge in [0, 0.05) is 18.0 Å². The molecule has 94 valence electrons. The smallest absolute Gasteiger partial charge is 0.354 e. The normalized spacial score (nSPS) is 15.1. The number of hydrogen-bond donors (Lipinski definition) is 0. The van der Waals surface area contributed by atoms with Crippen LogP contribution in [0.5, 0.6) is 0 Å². The van der Waals surface area contributed by atoms with E-state index in [2.05, 4.69) is 6.07 Å². The van der Waals surface area contributed by atoms with Gasteiger partial charge in [0.05, 0.1) is 12.1 Å². The molecule has 0 radical (unpaired) electrons. The Labute approximate surface area is 110 Å². The van der Waals surface area contributed by atoms with Crippen molar-refractivity contribution in [3.63, 3.8) is 0 Å². The number of rotatable bonds is 2. The van der Waals surface area contributed by atoms with Crippen LogP contribution < -0.4 is 0 Å². The van der Waals surface area contributed by atoms with Gasteiger partial charge in [-0.15, -0.1) is 0 Å². The van der Waals surface area contributed by atoms with E-state index in [-0.39, 0.29) is 5.97 Å². The maximum absolute atomic E-state index is 11.7. The molecule has 0 bridgehead atoms. The second kappa shape index (κ2) is 4.02. The van der Waals surface area contributed by atoms with Gasteiger partial charge in [-0.2, -0.15) is 0 Å². The number of benzene rings is 1. The van der Waals surface area contributed by atoms with Crippen molar-refractivity contribution in [3.8, 4) is 0 Å². The summed E-state index contributed by atoms with van der Waals surface area (Å²) >= 11 is 6.44. The fraction of sp³-hybridized carbons (Fsp3) is 0.357. The molecule has 1 heterocycles. The molecule has 1 fully saturated rings. The number of aromatic nitrogens is 1. The van der Waals surface area contributed by atoms with Crippen molar-refractivity contribution in [2.45, 2.75) is 18.8 Å². The van der Waals surface area contributed by atoms with E-state index in [4.69, 9.17) is 16.3 Å². The molecule has 1 aliphatic carbocycles. The third kappa shape index (κ3) is 1.62. The van der Waals surface area contributed by atoms with Crippen molar-refractivity contribution in [2.75, 3.05) is 7.11 Å². The Morgan fingerprint density at radius 1 is 1.44 bits per heavy atom. The molecular formula is C14H14ClNO2. The average Bonchev–Trinajstić information content (AvgIpc) is 3.14. The minimum Gasteiger partial charge on any atom is -0.464 e. The van der Waals surface area contributed by atoms with Gasteiger partial charge >= 0.3 is 5.97 Å². The Balaban J connectivity index is 2.23. The van der Waals surface area contributed by atoms with E-state index in [1.807, 2.05) is 23.7 Å². The summed E-state index contributed by atoms with van der Waals surface area (Å²) in [5.74, 6) is 0.265. The number of methoxy groups -OCH3 is 1. The Bertz CT molecular complexity index is 641. The first-order chi connectivity index (χ1) is 8.63. The van der Waals surface area contributed by atoms with Crippen molar-refractivity contribution in [2.24, 2.45) is 7.05 Å². The highest BCUT2D eigenvalue weighted by molar-refractivity contribution is 6.36. The lowest BCUT2D eigenvalue weighted by Crippen LogP contribution is -2.06. The fourth-order valence-corrected chi connectivity index (χ4v) is 2.77.